The first-order chi connectivity index (χ1) is 7.74. The van der Waals surface area contributed by atoms with Crippen molar-refractivity contribution in [2.75, 3.05) is 6.54 Å². The number of carbonyl (C=O) groups is 1. The Morgan fingerprint density at radius 2 is 2.06 bits per heavy atom. The minimum atomic E-state index is -3.49. The standard InChI is InChI=1S/C10H20N2O4S/c1-7(2)11-17(15,16)12-5-4-9(10(13)14)6-8(12)3/h7-9,11H,4-6H2,1-3H3,(H,13,14). The van der Waals surface area contributed by atoms with Gasteiger partial charge in [-0.3, -0.25) is 4.79 Å². The molecule has 0 aromatic heterocycles. The van der Waals surface area contributed by atoms with E-state index in [1.54, 1.807) is 20.8 Å². The van der Waals surface area contributed by atoms with E-state index >= 15 is 0 Å². The lowest BCUT2D eigenvalue weighted by molar-refractivity contribution is -0.143. The van der Waals surface area contributed by atoms with Gasteiger partial charge in [-0.1, -0.05) is 0 Å². The van der Waals surface area contributed by atoms with Gasteiger partial charge in [0.25, 0.3) is 10.2 Å². The van der Waals surface area contributed by atoms with E-state index in [9.17, 15) is 13.2 Å². The summed E-state index contributed by atoms with van der Waals surface area (Å²) in [6, 6.07) is -0.439. The Labute approximate surface area is 102 Å². The van der Waals surface area contributed by atoms with Gasteiger partial charge in [-0.2, -0.15) is 17.4 Å². The van der Waals surface area contributed by atoms with Crippen LogP contribution in [0.4, 0.5) is 0 Å². The number of nitrogens with zero attached hydrogens (tertiary/aromatic N) is 1. The van der Waals surface area contributed by atoms with E-state index in [-0.39, 0.29) is 18.6 Å². The molecule has 0 bridgehead atoms. The van der Waals surface area contributed by atoms with Crippen molar-refractivity contribution in [3.05, 3.63) is 0 Å². The maximum Gasteiger partial charge on any atom is 0.306 e. The van der Waals surface area contributed by atoms with Crippen molar-refractivity contribution in [2.45, 2.75) is 45.7 Å². The van der Waals surface area contributed by atoms with E-state index in [0.29, 0.717) is 12.8 Å². The van der Waals surface area contributed by atoms with Crippen molar-refractivity contribution in [1.29, 1.82) is 0 Å². The van der Waals surface area contributed by atoms with Crippen LogP contribution in [0, 0.1) is 5.92 Å². The van der Waals surface area contributed by atoms with Gasteiger partial charge in [0.1, 0.15) is 0 Å². The second kappa shape index (κ2) is 5.32. The van der Waals surface area contributed by atoms with E-state index in [0.717, 1.165) is 0 Å². The van der Waals surface area contributed by atoms with Crippen molar-refractivity contribution in [3.63, 3.8) is 0 Å². The predicted molar refractivity (Wildman–Crippen MR) is 63.7 cm³/mol. The quantitative estimate of drug-likeness (QED) is 0.770. The molecule has 2 atom stereocenters. The number of piperidine rings is 1. The molecule has 1 aliphatic heterocycles. The van der Waals surface area contributed by atoms with Crippen molar-refractivity contribution in [2.24, 2.45) is 5.92 Å². The molecule has 1 saturated heterocycles. The number of hydrogen-bond acceptors (Lipinski definition) is 3. The van der Waals surface area contributed by atoms with E-state index in [1.165, 1.54) is 4.31 Å². The minimum Gasteiger partial charge on any atom is -0.481 e. The summed E-state index contributed by atoms with van der Waals surface area (Å²) in [6.07, 6.45) is 0.743. The molecular weight excluding hydrogens is 244 g/mol. The highest BCUT2D eigenvalue weighted by Crippen LogP contribution is 2.24. The third kappa shape index (κ3) is 3.65. The fourth-order valence-electron chi connectivity index (χ4n) is 2.10. The van der Waals surface area contributed by atoms with Crippen LogP contribution in [0.5, 0.6) is 0 Å². The molecule has 0 aromatic rings. The average molecular weight is 264 g/mol. The molecule has 6 nitrogen and oxygen atoms in total. The van der Waals surface area contributed by atoms with Crippen LogP contribution in [-0.2, 0) is 15.0 Å². The first kappa shape index (κ1) is 14.4. The number of hydrogen-bond donors (Lipinski definition) is 2. The summed E-state index contributed by atoms with van der Waals surface area (Å²) in [6.45, 7) is 5.52. The topological polar surface area (TPSA) is 86.7 Å². The van der Waals surface area contributed by atoms with Crippen LogP contribution in [-0.4, -0.2) is 42.4 Å². The summed E-state index contributed by atoms with van der Waals surface area (Å²) in [4.78, 5) is 10.9. The molecule has 0 spiro atoms. The van der Waals surface area contributed by atoms with Gasteiger partial charge in [-0.25, -0.2) is 0 Å². The Bertz CT molecular complexity index is 380. The smallest absolute Gasteiger partial charge is 0.306 e. The van der Waals surface area contributed by atoms with Crippen LogP contribution in [0.3, 0.4) is 0 Å². The molecule has 0 aliphatic carbocycles. The largest absolute Gasteiger partial charge is 0.481 e. The number of carboxylic acids is 1. The number of aliphatic carboxylic acids is 1. The van der Waals surface area contributed by atoms with Gasteiger partial charge in [0, 0.05) is 18.6 Å². The summed E-state index contributed by atoms with van der Waals surface area (Å²) >= 11 is 0. The fraction of sp³-hybridized carbons (Fsp3) is 0.900. The molecule has 17 heavy (non-hydrogen) atoms. The van der Waals surface area contributed by atoms with E-state index < -0.39 is 22.1 Å². The highest BCUT2D eigenvalue weighted by atomic mass is 32.2. The maximum atomic E-state index is 12.0. The molecule has 1 aliphatic rings. The first-order valence-electron chi connectivity index (χ1n) is 5.76. The normalized spacial score (nSPS) is 27.3. The molecule has 1 rings (SSSR count). The molecule has 0 saturated carbocycles. The van der Waals surface area contributed by atoms with Crippen LogP contribution >= 0.6 is 0 Å². The summed E-state index contributed by atoms with van der Waals surface area (Å²) in [5.41, 5.74) is 0. The monoisotopic (exact) mass is 264 g/mol. The Kier molecular flexibility index (Phi) is 4.51. The van der Waals surface area contributed by atoms with Crippen molar-refractivity contribution < 1.29 is 18.3 Å². The fourth-order valence-corrected chi connectivity index (χ4v) is 3.73. The molecule has 0 radical (unpaired) electrons. The van der Waals surface area contributed by atoms with Crippen LogP contribution < -0.4 is 4.72 Å². The Morgan fingerprint density at radius 3 is 2.47 bits per heavy atom. The highest BCUT2D eigenvalue weighted by Gasteiger charge is 2.36. The second-order valence-electron chi connectivity index (χ2n) is 4.80. The Balaban J connectivity index is 2.73. The van der Waals surface area contributed by atoms with Gasteiger partial charge in [0.05, 0.1) is 5.92 Å². The van der Waals surface area contributed by atoms with Crippen molar-refractivity contribution in [1.82, 2.24) is 9.03 Å². The highest BCUT2D eigenvalue weighted by molar-refractivity contribution is 7.87. The van der Waals surface area contributed by atoms with Gasteiger partial charge >= 0.3 is 5.97 Å². The Morgan fingerprint density at radius 1 is 1.47 bits per heavy atom. The van der Waals surface area contributed by atoms with E-state index in [1.807, 2.05) is 0 Å². The average Bonchev–Trinajstić information content (AvgIpc) is 2.14. The molecule has 1 fully saturated rings. The van der Waals surface area contributed by atoms with E-state index in [4.69, 9.17) is 5.11 Å². The van der Waals surface area contributed by atoms with Gasteiger partial charge in [0.2, 0.25) is 0 Å². The molecule has 0 aromatic carbocycles. The summed E-state index contributed by atoms with van der Waals surface area (Å²) in [5.74, 6) is -1.28. The molecule has 2 unspecified atom stereocenters. The predicted octanol–water partition coefficient (Wildman–Crippen LogP) is 0.414. The number of carboxylic acid groups (broad SMARTS) is 1. The van der Waals surface area contributed by atoms with Crippen LogP contribution in [0.25, 0.3) is 0 Å². The van der Waals surface area contributed by atoms with Crippen molar-refractivity contribution >= 4 is 16.2 Å². The molecule has 7 heteroatoms. The zero-order chi connectivity index (χ0) is 13.2. The molecule has 0 amide bonds. The zero-order valence-corrected chi connectivity index (χ0v) is 11.2. The third-order valence-electron chi connectivity index (χ3n) is 2.86. The first-order valence-corrected chi connectivity index (χ1v) is 7.20. The molecular formula is C10H20N2O4S. The second-order valence-corrected chi connectivity index (χ2v) is 6.45. The summed E-state index contributed by atoms with van der Waals surface area (Å²) in [7, 11) is -3.49. The Hall–Kier alpha value is -0.660. The molecule has 100 valence electrons. The van der Waals surface area contributed by atoms with Gasteiger partial charge in [0.15, 0.2) is 0 Å². The maximum absolute atomic E-state index is 12.0. The summed E-state index contributed by atoms with van der Waals surface area (Å²) in [5, 5.41) is 8.91. The van der Waals surface area contributed by atoms with Gasteiger partial charge < -0.3 is 5.11 Å². The SMILES string of the molecule is CC(C)NS(=O)(=O)N1CCC(C(=O)O)CC1C. The zero-order valence-electron chi connectivity index (χ0n) is 10.4. The number of nitrogens with one attached hydrogen (secondary N) is 1. The van der Waals surface area contributed by atoms with E-state index in [2.05, 4.69) is 4.72 Å². The van der Waals surface area contributed by atoms with Crippen LogP contribution in [0.1, 0.15) is 33.6 Å². The minimum absolute atomic E-state index is 0.163. The van der Waals surface area contributed by atoms with Gasteiger partial charge in [-0.15, -0.1) is 0 Å². The lowest BCUT2D eigenvalue weighted by Gasteiger charge is -2.35. The van der Waals surface area contributed by atoms with Gasteiger partial charge in [-0.05, 0) is 33.6 Å². The lowest BCUT2D eigenvalue weighted by atomic mass is 9.93. The summed E-state index contributed by atoms with van der Waals surface area (Å²) < 4.78 is 27.8. The lowest BCUT2D eigenvalue weighted by Crippen LogP contribution is -2.51. The third-order valence-corrected chi connectivity index (χ3v) is 4.79. The van der Waals surface area contributed by atoms with Crippen LogP contribution in [0.2, 0.25) is 0 Å². The molecule has 2 N–H and O–H groups in total. The number of rotatable bonds is 4. The molecule has 1 heterocycles. The van der Waals surface area contributed by atoms with Crippen LogP contribution in [0.15, 0.2) is 0 Å². The van der Waals surface area contributed by atoms with Crippen molar-refractivity contribution in [3.8, 4) is 0 Å².